The van der Waals surface area contributed by atoms with Gasteiger partial charge in [0.1, 0.15) is 0 Å². The molecule has 0 bridgehead atoms. The van der Waals surface area contributed by atoms with Crippen molar-refractivity contribution in [2.75, 3.05) is 12.0 Å². The van der Waals surface area contributed by atoms with Gasteiger partial charge in [-0.25, -0.2) is 13.8 Å². The standard InChI is InChI=1S/C19H15F2N3O2/c1-10-17(12-4-3-5-13(20)16(12)21)24(19(25)18(10)26-2)11-6-7-14-15(8-11)23-9-22-14/h3-9,17H,1-2H3,(H,22,23)/t17-/m1/s1/i9+2. The number of hydrogen-bond acceptors (Lipinski definition) is 3. The van der Waals surface area contributed by atoms with Gasteiger partial charge in [0.05, 0.1) is 30.5 Å². The van der Waals surface area contributed by atoms with E-state index in [4.69, 9.17) is 4.74 Å². The van der Waals surface area contributed by atoms with Crippen LogP contribution in [0.5, 0.6) is 0 Å². The minimum atomic E-state index is -0.977. The number of amides is 1. The maximum atomic E-state index is 14.5. The van der Waals surface area contributed by atoms with Gasteiger partial charge in [-0.3, -0.25) is 9.69 Å². The van der Waals surface area contributed by atoms with Crippen molar-refractivity contribution in [2.45, 2.75) is 13.0 Å². The summed E-state index contributed by atoms with van der Waals surface area (Å²) in [5.74, 6) is -2.21. The van der Waals surface area contributed by atoms with Gasteiger partial charge < -0.3 is 9.72 Å². The van der Waals surface area contributed by atoms with Gasteiger partial charge in [0.25, 0.3) is 5.91 Å². The molecule has 0 unspecified atom stereocenters. The zero-order valence-corrected chi connectivity index (χ0v) is 14.1. The van der Waals surface area contributed by atoms with Crippen LogP contribution in [0.15, 0.2) is 54.1 Å². The van der Waals surface area contributed by atoms with Crippen molar-refractivity contribution in [3.05, 3.63) is 71.3 Å². The Labute approximate surface area is 147 Å². The lowest BCUT2D eigenvalue weighted by Gasteiger charge is -2.27. The molecule has 2 aromatic carbocycles. The van der Waals surface area contributed by atoms with E-state index in [2.05, 4.69) is 9.97 Å². The topological polar surface area (TPSA) is 58.2 Å². The average Bonchev–Trinajstić information content (AvgIpc) is 3.19. The molecule has 0 radical (unpaired) electrons. The summed E-state index contributed by atoms with van der Waals surface area (Å²) >= 11 is 0. The Balaban J connectivity index is 1.91. The third kappa shape index (κ3) is 2.28. The molecule has 5 nitrogen and oxygen atoms in total. The Kier molecular flexibility index (Phi) is 3.72. The Hall–Kier alpha value is -3.22. The van der Waals surface area contributed by atoms with Gasteiger partial charge in [0.2, 0.25) is 0 Å². The van der Waals surface area contributed by atoms with Crippen LogP contribution in [0.2, 0.25) is 0 Å². The summed E-state index contributed by atoms with van der Waals surface area (Å²) in [6.45, 7) is 1.68. The zero-order chi connectivity index (χ0) is 18.4. The molecular weight excluding hydrogens is 342 g/mol. The smallest absolute Gasteiger partial charge is 0.294 e. The number of benzene rings is 2. The number of anilines is 1. The highest BCUT2D eigenvalue weighted by atomic mass is 19.2. The second kappa shape index (κ2) is 5.94. The maximum Gasteiger partial charge on any atom is 0.294 e. The van der Waals surface area contributed by atoms with Crippen molar-refractivity contribution < 1.29 is 18.3 Å². The van der Waals surface area contributed by atoms with Crippen LogP contribution in [-0.4, -0.2) is 23.0 Å². The third-order valence-corrected chi connectivity index (χ3v) is 4.60. The summed E-state index contributed by atoms with van der Waals surface area (Å²) in [7, 11) is 1.39. The van der Waals surface area contributed by atoms with Gasteiger partial charge >= 0.3 is 0 Å². The predicted molar refractivity (Wildman–Crippen MR) is 92.4 cm³/mol. The van der Waals surface area contributed by atoms with E-state index in [-0.39, 0.29) is 11.3 Å². The summed E-state index contributed by atoms with van der Waals surface area (Å²) < 4.78 is 33.5. The van der Waals surface area contributed by atoms with Crippen LogP contribution in [-0.2, 0) is 9.53 Å². The van der Waals surface area contributed by atoms with Gasteiger partial charge in [-0.05, 0) is 31.2 Å². The number of aromatic amines is 1. The number of nitrogens with one attached hydrogen (secondary N) is 1. The first-order valence-electron chi connectivity index (χ1n) is 7.98. The van der Waals surface area contributed by atoms with E-state index in [0.29, 0.717) is 11.3 Å². The summed E-state index contributed by atoms with van der Waals surface area (Å²) in [6.07, 6.45) is 1.55. The van der Waals surface area contributed by atoms with Gasteiger partial charge in [-0.15, -0.1) is 0 Å². The van der Waals surface area contributed by atoms with Crippen LogP contribution in [0.3, 0.4) is 0 Å². The molecule has 26 heavy (non-hydrogen) atoms. The quantitative estimate of drug-likeness (QED) is 0.775. The molecule has 0 spiro atoms. The number of halogens is 2. The van der Waals surface area contributed by atoms with Crippen molar-refractivity contribution >= 4 is 22.6 Å². The zero-order valence-electron chi connectivity index (χ0n) is 14.1. The number of imidazole rings is 1. The molecule has 1 aliphatic heterocycles. The first kappa shape index (κ1) is 16.3. The number of aromatic nitrogens is 2. The highest BCUT2D eigenvalue weighted by Gasteiger charge is 2.41. The summed E-state index contributed by atoms with van der Waals surface area (Å²) in [5.41, 5.74) is 2.61. The molecule has 132 valence electrons. The molecule has 0 saturated carbocycles. The first-order chi connectivity index (χ1) is 12.5. The van der Waals surface area contributed by atoms with Crippen LogP contribution < -0.4 is 4.90 Å². The fourth-order valence-electron chi connectivity index (χ4n) is 3.41. The number of nitrogens with zero attached hydrogens (tertiary/aromatic N) is 2. The van der Waals surface area contributed by atoms with E-state index in [1.54, 1.807) is 31.5 Å². The van der Waals surface area contributed by atoms with Gasteiger partial charge in [-0.1, -0.05) is 12.1 Å². The Morgan fingerprint density at radius 3 is 2.85 bits per heavy atom. The summed E-state index contributed by atoms with van der Waals surface area (Å²) in [4.78, 5) is 21.4. The van der Waals surface area contributed by atoms with Crippen molar-refractivity contribution in [1.82, 2.24) is 9.97 Å². The molecule has 0 aliphatic carbocycles. The van der Waals surface area contributed by atoms with E-state index in [1.165, 1.54) is 24.1 Å². The number of H-pyrrole nitrogens is 1. The van der Waals surface area contributed by atoms with Crippen LogP contribution in [0.25, 0.3) is 11.0 Å². The van der Waals surface area contributed by atoms with E-state index >= 15 is 0 Å². The van der Waals surface area contributed by atoms with Crippen LogP contribution in [0.1, 0.15) is 18.5 Å². The lowest BCUT2D eigenvalue weighted by atomic mass is 9.99. The number of carbonyl (C=O) groups excluding carboxylic acids is 1. The van der Waals surface area contributed by atoms with Gasteiger partial charge in [-0.2, -0.15) is 0 Å². The summed E-state index contributed by atoms with van der Waals surface area (Å²) in [5, 5.41) is 0. The molecule has 1 atom stereocenters. The molecule has 4 rings (SSSR count). The van der Waals surface area contributed by atoms with Crippen LogP contribution in [0.4, 0.5) is 14.5 Å². The molecule has 2 heterocycles. The monoisotopic (exact) mass is 357 g/mol. The van der Waals surface area contributed by atoms with E-state index in [0.717, 1.165) is 17.1 Å². The van der Waals surface area contributed by atoms with E-state index in [1.807, 2.05) is 0 Å². The SMILES string of the molecule is COC1=C(C)[C@H](c2cccc(F)c2F)N(c2ccc3n[14cH][nH]c3c2)C1=O. The largest absolute Gasteiger partial charge is 0.491 e. The number of methoxy groups -OCH3 is 1. The second-order valence-corrected chi connectivity index (χ2v) is 6.04. The van der Waals surface area contributed by atoms with Gasteiger partial charge in [0.15, 0.2) is 17.4 Å². The highest BCUT2D eigenvalue weighted by Crippen LogP contribution is 2.42. The van der Waals surface area contributed by atoms with Crippen LogP contribution >= 0.6 is 0 Å². The predicted octanol–water partition coefficient (Wildman–Crippen LogP) is 3.85. The molecule has 1 amide bonds. The maximum absolute atomic E-state index is 14.5. The number of hydrogen-bond donors (Lipinski definition) is 1. The minimum Gasteiger partial charge on any atom is -0.491 e. The van der Waals surface area contributed by atoms with Crippen molar-refractivity contribution in [1.29, 1.82) is 0 Å². The van der Waals surface area contributed by atoms with E-state index < -0.39 is 23.6 Å². The minimum absolute atomic E-state index is 0.0765. The van der Waals surface area contributed by atoms with Crippen LogP contribution in [0, 0.1) is 11.6 Å². The van der Waals surface area contributed by atoms with Gasteiger partial charge in [0, 0.05) is 16.8 Å². The normalized spacial score (nSPS) is 17.5. The van der Waals surface area contributed by atoms with Crippen molar-refractivity contribution in [3.63, 3.8) is 0 Å². The Morgan fingerprint density at radius 1 is 1.27 bits per heavy atom. The number of fused-ring (bicyclic) bond motifs is 1. The summed E-state index contributed by atoms with van der Waals surface area (Å²) in [6, 6.07) is 8.37. The lowest BCUT2D eigenvalue weighted by molar-refractivity contribution is -0.117. The van der Waals surface area contributed by atoms with Crippen molar-refractivity contribution in [3.8, 4) is 0 Å². The molecule has 1 aliphatic rings. The molecule has 7 heteroatoms. The average molecular weight is 357 g/mol. The molecular formula is C19H15F2N3O2. The third-order valence-electron chi connectivity index (χ3n) is 4.60. The van der Waals surface area contributed by atoms with Crippen molar-refractivity contribution in [2.24, 2.45) is 0 Å². The molecule has 0 saturated heterocycles. The molecule has 3 aromatic rings. The number of carbonyl (C=O) groups is 1. The molecule has 0 fully saturated rings. The molecule has 1 N–H and O–H groups in total. The fourth-order valence-corrected chi connectivity index (χ4v) is 3.41. The second-order valence-electron chi connectivity index (χ2n) is 6.04. The number of rotatable bonds is 3. The van der Waals surface area contributed by atoms with E-state index in [9.17, 15) is 13.6 Å². The fraction of sp³-hybridized carbons (Fsp3) is 0.158. The Bertz CT molecular complexity index is 1060. The highest BCUT2D eigenvalue weighted by molar-refractivity contribution is 6.09. The molecule has 1 aromatic heterocycles. The Morgan fingerprint density at radius 2 is 2.08 bits per heavy atom. The number of ether oxygens (including phenoxy) is 1. The lowest BCUT2D eigenvalue weighted by Crippen LogP contribution is -2.31. The first-order valence-corrected chi connectivity index (χ1v) is 7.98.